The SMILES string of the molecule is CCOc1cccc(C2SCC(=O)N2Cc2cc(OC)ccc2OC)c1. The van der Waals surface area contributed by atoms with E-state index in [1.54, 1.807) is 26.0 Å². The monoisotopic (exact) mass is 373 g/mol. The van der Waals surface area contributed by atoms with Crippen LogP contribution in [0.1, 0.15) is 23.4 Å². The second kappa shape index (κ2) is 8.36. The van der Waals surface area contributed by atoms with E-state index >= 15 is 0 Å². The molecule has 0 spiro atoms. The highest BCUT2D eigenvalue weighted by atomic mass is 32.2. The average molecular weight is 373 g/mol. The highest BCUT2D eigenvalue weighted by Crippen LogP contribution is 2.41. The molecule has 26 heavy (non-hydrogen) atoms. The van der Waals surface area contributed by atoms with Crippen molar-refractivity contribution < 1.29 is 19.0 Å². The third-order valence-corrected chi connectivity index (χ3v) is 5.51. The molecule has 3 rings (SSSR count). The Morgan fingerprint density at radius 3 is 2.69 bits per heavy atom. The van der Waals surface area contributed by atoms with Crippen LogP contribution in [0.15, 0.2) is 42.5 Å². The molecule has 1 heterocycles. The second-order valence-electron chi connectivity index (χ2n) is 5.87. The minimum atomic E-state index is -0.0428. The maximum absolute atomic E-state index is 12.5. The van der Waals surface area contributed by atoms with Gasteiger partial charge in [0.1, 0.15) is 22.6 Å². The Morgan fingerprint density at radius 2 is 1.96 bits per heavy atom. The van der Waals surface area contributed by atoms with Crippen LogP contribution >= 0.6 is 11.8 Å². The summed E-state index contributed by atoms with van der Waals surface area (Å²) in [6.45, 7) is 3.04. The maximum Gasteiger partial charge on any atom is 0.234 e. The number of hydrogen-bond acceptors (Lipinski definition) is 5. The lowest BCUT2D eigenvalue weighted by Crippen LogP contribution is -2.28. The minimum Gasteiger partial charge on any atom is -0.497 e. The zero-order valence-corrected chi connectivity index (χ0v) is 16.0. The standard InChI is InChI=1S/C20H23NO4S/c1-4-25-17-7-5-6-14(10-17)20-21(19(22)13-26-20)12-15-11-16(23-2)8-9-18(15)24-3/h5-11,20H,4,12-13H2,1-3H3. The topological polar surface area (TPSA) is 48.0 Å². The summed E-state index contributed by atoms with van der Waals surface area (Å²) in [5.41, 5.74) is 1.99. The van der Waals surface area contributed by atoms with Crippen LogP contribution in [0.3, 0.4) is 0 Å². The number of thioether (sulfide) groups is 1. The van der Waals surface area contributed by atoms with Crippen molar-refractivity contribution in [3.8, 4) is 17.2 Å². The molecule has 0 radical (unpaired) electrons. The lowest BCUT2D eigenvalue weighted by atomic mass is 10.1. The van der Waals surface area contributed by atoms with E-state index in [-0.39, 0.29) is 11.3 Å². The van der Waals surface area contributed by atoms with Gasteiger partial charge in [-0.05, 0) is 42.8 Å². The summed E-state index contributed by atoms with van der Waals surface area (Å²) in [5.74, 6) is 2.90. The van der Waals surface area contributed by atoms with E-state index < -0.39 is 0 Å². The first kappa shape index (κ1) is 18.5. The zero-order valence-electron chi connectivity index (χ0n) is 15.2. The van der Waals surface area contributed by atoms with E-state index in [9.17, 15) is 4.79 Å². The maximum atomic E-state index is 12.5. The Bertz CT molecular complexity index is 780. The van der Waals surface area contributed by atoms with Gasteiger partial charge in [-0.1, -0.05) is 12.1 Å². The van der Waals surface area contributed by atoms with E-state index in [4.69, 9.17) is 14.2 Å². The third-order valence-electron chi connectivity index (χ3n) is 4.25. The molecule has 1 atom stereocenters. The minimum absolute atomic E-state index is 0.0428. The van der Waals surface area contributed by atoms with Crippen LogP contribution in [0.5, 0.6) is 17.2 Å². The molecule has 6 heteroatoms. The van der Waals surface area contributed by atoms with Crippen molar-refractivity contribution in [2.45, 2.75) is 18.8 Å². The van der Waals surface area contributed by atoms with Gasteiger partial charge in [0.25, 0.3) is 0 Å². The van der Waals surface area contributed by atoms with Crippen molar-refractivity contribution in [2.24, 2.45) is 0 Å². The fourth-order valence-electron chi connectivity index (χ4n) is 3.01. The summed E-state index contributed by atoms with van der Waals surface area (Å²) >= 11 is 1.63. The summed E-state index contributed by atoms with van der Waals surface area (Å²) in [4.78, 5) is 14.4. The van der Waals surface area contributed by atoms with Gasteiger partial charge < -0.3 is 19.1 Å². The molecule has 2 aromatic rings. The van der Waals surface area contributed by atoms with Crippen LogP contribution in [-0.4, -0.2) is 37.4 Å². The molecule has 0 saturated carbocycles. The van der Waals surface area contributed by atoms with Gasteiger partial charge in [0.15, 0.2) is 0 Å². The number of nitrogens with zero attached hydrogens (tertiary/aromatic N) is 1. The molecule has 1 amide bonds. The molecule has 1 saturated heterocycles. The van der Waals surface area contributed by atoms with Gasteiger partial charge in [-0.25, -0.2) is 0 Å². The normalized spacial score (nSPS) is 16.7. The summed E-state index contributed by atoms with van der Waals surface area (Å²) in [5, 5.41) is -0.0428. The molecular weight excluding hydrogens is 350 g/mol. The Balaban J connectivity index is 1.88. The van der Waals surface area contributed by atoms with E-state index in [1.165, 1.54) is 0 Å². The first-order chi connectivity index (χ1) is 12.7. The lowest BCUT2D eigenvalue weighted by Gasteiger charge is -2.25. The highest BCUT2D eigenvalue weighted by Gasteiger charge is 2.33. The van der Waals surface area contributed by atoms with Crippen molar-refractivity contribution in [2.75, 3.05) is 26.6 Å². The summed E-state index contributed by atoms with van der Waals surface area (Å²) in [6, 6.07) is 13.6. The van der Waals surface area contributed by atoms with Crippen LogP contribution < -0.4 is 14.2 Å². The molecule has 0 aliphatic carbocycles. The van der Waals surface area contributed by atoms with E-state index in [2.05, 4.69) is 0 Å². The lowest BCUT2D eigenvalue weighted by molar-refractivity contribution is -0.128. The van der Waals surface area contributed by atoms with Crippen LogP contribution in [0, 0.1) is 0 Å². The smallest absolute Gasteiger partial charge is 0.234 e. The van der Waals surface area contributed by atoms with Crippen molar-refractivity contribution in [1.82, 2.24) is 4.90 Å². The van der Waals surface area contributed by atoms with Gasteiger partial charge in [0.2, 0.25) is 5.91 Å². The molecule has 1 unspecified atom stereocenters. The van der Waals surface area contributed by atoms with Crippen molar-refractivity contribution in [1.29, 1.82) is 0 Å². The van der Waals surface area contributed by atoms with Gasteiger partial charge in [-0.3, -0.25) is 4.79 Å². The molecule has 0 aromatic heterocycles. The first-order valence-electron chi connectivity index (χ1n) is 8.51. The molecule has 1 aliphatic heterocycles. The molecule has 0 bridgehead atoms. The summed E-state index contributed by atoms with van der Waals surface area (Å²) in [7, 11) is 3.26. The van der Waals surface area contributed by atoms with E-state index in [0.717, 1.165) is 28.4 Å². The molecule has 1 fully saturated rings. The predicted molar refractivity (Wildman–Crippen MR) is 103 cm³/mol. The quantitative estimate of drug-likeness (QED) is 0.737. The number of rotatable bonds is 7. The fraction of sp³-hybridized carbons (Fsp3) is 0.350. The van der Waals surface area contributed by atoms with Crippen molar-refractivity contribution in [3.05, 3.63) is 53.6 Å². The second-order valence-corrected chi connectivity index (χ2v) is 6.94. The number of benzene rings is 2. The first-order valence-corrected chi connectivity index (χ1v) is 9.56. The van der Waals surface area contributed by atoms with Gasteiger partial charge in [-0.15, -0.1) is 11.8 Å². The van der Waals surface area contributed by atoms with Gasteiger partial charge in [-0.2, -0.15) is 0 Å². The Labute approximate surface area is 158 Å². The van der Waals surface area contributed by atoms with Gasteiger partial charge >= 0.3 is 0 Å². The van der Waals surface area contributed by atoms with Gasteiger partial charge in [0.05, 0.1) is 33.1 Å². The fourth-order valence-corrected chi connectivity index (χ4v) is 4.19. The Hall–Kier alpha value is -2.34. The Morgan fingerprint density at radius 1 is 1.12 bits per heavy atom. The molecule has 5 nitrogen and oxygen atoms in total. The number of carbonyl (C=O) groups excluding carboxylic acids is 1. The average Bonchev–Trinajstić information content (AvgIpc) is 3.03. The molecule has 0 N–H and O–H groups in total. The van der Waals surface area contributed by atoms with Crippen molar-refractivity contribution in [3.63, 3.8) is 0 Å². The van der Waals surface area contributed by atoms with Crippen LogP contribution in [0.4, 0.5) is 0 Å². The van der Waals surface area contributed by atoms with Gasteiger partial charge in [0, 0.05) is 5.56 Å². The third kappa shape index (κ3) is 3.90. The van der Waals surface area contributed by atoms with Crippen LogP contribution in [0.25, 0.3) is 0 Å². The number of amides is 1. The number of methoxy groups -OCH3 is 2. The number of carbonyl (C=O) groups is 1. The molecule has 1 aliphatic rings. The van der Waals surface area contributed by atoms with Crippen LogP contribution in [-0.2, 0) is 11.3 Å². The highest BCUT2D eigenvalue weighted by molar-refractivity contribution is 8.00. The predicted octanol–water partition coefficient (Wildman–Crippen LogP) is 3.88. The van der Waals surface area contributed by atoms with Crippen LogP contribution in [0.2, 0.25) is 0 Å². The molecule has 2 aromatic carbocycles. The summed E-state index contributed by atoms with van der Waals surface area (Å²) < 4.78 is 16.4. The molecule has 138 valence electrons. The van der Waals surface area contributed by atoms with Crippen molar-refractivity contribution >= 4 is 17.7 Å². The largest absolute Gasteiger partial charge is 0.497 e. The molecular formula is C20H23NO4S. The summed E-state index contributed by atoms with van der Waals surface area (Å²) in [6.07, 6.45) is 0. The van der Waals surface area contributed by atoms with E-state index in [1.807, 2.05) is 54.3 Å². The Kier molecular flexibility index (Phi) is 5.93. The van der Waals surface area contributed by atoms with E-state index in [0.29, 0.717) is 18.9 Å². The zero-order chi connectivity index (χ0) is 18.5. The number of ether oxygens (including phenoxy) is 3. The number of hydrogen-bond donors (Lipinski definition) is 0.